The molecule has 2 aliphatic rings. The van der Waals surface area contributed by atoms with Crippen LogP contribution in [-0.2, 0) is 24.8 Å². The first kappa shape index (κ1) is 28.7. The summed E-state index contributed by atoms with van der Waals surface area (Å²) in [5.74, 6) is -0.350. The van der Waals surface area contributed by atoms with Crippen LogP contribution in [0.25, 0.3) is 0 Å². The van der Waals surface area contributed by atoms with Crippen molar-refractivity contribution in [2.24, 2.45) is 4.99 Å². The predicted molar refractivity (Wildman–Crippen MR) is 137 cm³/mol. The van der Waals surface area contributed by atoms with E-state index in [1.165, 1.54) is 39.0 Å². The van der Waals surface area contributed by atoms with Crippen molar-refractivity contribution in [3.05, 3.63) is 23.8 Å². The number of rotatable bonds is 0. The maximum atomic E-state index is 17.1. The SMILES string of the molecule is CC(C)(C)OC(=O)N(C(=O)OC(C)(C)C)C1=NC2(C)c3cc(N)ccc3OCCC2(F)S(=O)(=O)C1(C)C. The third kappa shape index (κ3) is 4.64. The van der Waals surface area contributed by atoms with Gasteiger partial charge in [0.05, 0.1) is 6.61 Å². The molecule has 0 fully saturated rings. The molecule has 0 saturated carbocycles. The lowest BCUT2D eigenvalue weighted by Gasteiger charge is -2.49. The van der Waals surface area contributed by atoms with Gasteiger partial charge >= 0.3 is 12.2 Å². The molecule has 2 aliphatic heterocycles. The highest BCUT2D eigenvalue weighted by Gasteiger charge is 2.71. The van der Waals surface area contributed by atoms with E-state index in [-0.39, 0.29) is 23.6 Å². The summed E-state index contributed by atoms with van der Waals surface area (Å²) < 4.78 is 59.7. The minimum absolute atomic E-state index is 0.0670. The average Bonchev–Trinajstić information content (AvgIpc) is 2.80. The van der Waals surface area contributed by atoms with E-state index in [1.54, 1.807) is 41.5 Å². The number of imide groups is 1. The normalized spacial score (nSPS) is 26.4. The molecule has 37 heavy (non-hydrogen) atoms. The van der Waals surface area contributed by atoms with E-state index in [9.17, 15) is 18.0 Å². The number of benzene rings is 1. The number of amides is 2. The van der Waals surface area contributed by atoms with Gasteiger partial charge in [-0.25, -0.2) is 22.4 Å². The van der Waals surface area contributed by atoms with Crippen LogP contribution in [0, 0.1) is 0 Å². The Bertz CT molecular complexity index is 1240. The summed E-state index contributed by atoms with van der Waals surface area (Å²) in [7, 11) is -4.82. The monoisotopic (exact) mass is 541 g/mol. The molecule has 2 amide bonds. The Morgan fingerprint density at radius 3 is 2.05 bits per heavy atom. The highest BCUT2D eigenvalue weighted by molar-refractivity contribution is 7.95. The molecule has 3 rings (SSSR count). The predicted octanol–water partition coefficient (Wildman–Crippen LogP) is 4.71. The fourth-order valence-electron chi connectivity index (χ4n) is 4.38. The number of amidine groups is 1. The first-order chi connectivity index (χ1) is 16.6. The third-order valence-electron chi connectivity index (χ3n) is 6.27. The number of anilines is 1. The van der Waals surface area contributed by atoms with Crippen molar-refractivity contribution in [1.82, 2.24) is 4.90 Å². The van der Waals surface area contributed by atoms with Gasteiger partial charge in [-0.15, -0.1) is 0 Å². The smallest absolute Gasteiger partial charge is 0.425 e. The number of nitrogens with zero attached hydrogens (tertiary/aromatic N) is 2. The van der Waals surface area contributed by atoms with Gasteiger partial charge in [-0.2, -0.15) is 4.90 Å². The number of sulfone groups is 1. The lowest BCUT2D eigenvalue weighted by Crippen LogP contribution is -2.68. The molecule has 2 heterocycles. The number of nitrogen functional groups attached to an aromatic ring is 1. The van der Waals surface area contributed by atoms with Gasteiger partial charge in [0.25, 0.3) is 0 Å². The molecule has 2 unspecified atom stereocenters. The van der Waals surface area contributed by atoms with Crippen LogP contribution in [0.5, 0.6) is 5.75 Å². The quantitative estimate of drug-likeness (QED) is 0.466. The molecular weight excluding hydrogens is 505 g/mol. The van der Waals surface area contributed by atoms with Gasteiger partial charge in [0, 0.05) is 17.7 Å². The van der Waals surface area contributed by atoms with Gasteiger partial charge in [-0.1, -0.05) is 0 Å². The molecule has 0 aromatic heterocycles. The van der Waals surface area contributed by atoms with Crippen molar-refractivity contribution < 1.29 is 36.6 Å². The van der Waals surface area contributed by atoms with E-state index in [2.05, 4.69) is 4.99 Å². The van der Waals surface area contributed by atoms with Crippen LogP contribution in [0.1, 0.15) is 74.3 Å². The number of hydrogen-bond acceptors (Lipinski definition) is 9. The third-order valence-corrected chi connectivity index (χ3v) is 9.25. The van der Waals surface area contributed by atoms with Crippen LogP contribution >= 0.6 is 0 Å². The second-order valence-electron chi connectivity index (χ2n) is 11.9. The first-order valence-electron chi connectivity index (χ1n) is 11.9. The Balaban J connectivity index is 2.40. The molecule has 0 spiro atoms. The Hall–Kier alpha value is -2.89. The number of alkyl halides is 1. The van der Waals surface area contributed by atoms with Gasteiger partial charge in [-0.05, 0) is 80.5 Å². The summed E-state index contributed by atoms with van der Waals surface area (Å²) in [6.45, 7) is 12.9. The zero-order chi connectivity index (χ0) is 28.4. The molecular formula is C25H36FN3O7S. The molecule has 0 aliphatic carbocycles. The largest absolute Gasteiger partial charge is 0.493 e. The first-order valence-corrected chi connectivity index (χ1v) is 13.4. The second-order valence-corrected chi connectivity index (χ2v) is 14.6. The lowest BCUT2D eigenvalue weighted by atomic mass is 9.84. The Morgan fingerprint density at radius 2 is 1.57 bits per heavy atom. The van der Waals surface area contributed by atoms with Crippen molar-refractivity contribution in [1.29, 1.82) is 0 Å². The number of hydrogen-bond donors (Lipinski definition) is 1. The number of aliphatic imine (C=N–C) groups is 1. The zero-order valence-corrected chi connectivity index (χ0v) is 23.6. The van der Waals surface area contributed by atoms with Gasteiger partial charge in [0.2, 0.25) is 5.00 Å². The number of halogens is 1. The lowest BCUT2D eigenvalue weighted by molar-refractivity contribution is 0.0133. The average molecular weight is 542 g/mol. The summed E-state index contributed by atoms with van der Waals surface area (Å²) in [4.78, 5) is 31.8. The minimum Gasteiger partial charge on any atom is -0.493 e. The fraction of sp³-hybridized carbons (Fsp3) is 0.640. The molecule has 206 valence electrons. The number of carbonyl (C=O) groups is 2. The van der Waals surface area contributed by atoms with E-state index in [4.69, 9.17) is 19.9 Å². The molecule has 10 nitrogen and oxygen atoms in total. The van der Waals surface area contributed by atoms with Crippen molar-refractivity contribution in [2.45, 2.75) is 95.2 Å². The highest BCUT2D eigenvalue weighted by atomic mass is 32.2. The van der Waals surface area contributed by atoms with Crippen molar-refractivity contribution in [2.75, 3.05) is 12.3 Å². The number of carbonyl (C=O) groups excluding carboxylic acids is 2. The van der Waals surface area contributed by atoms with Crippen LogP contribution in [0.4, 0.5) is 19.7 Å². The Kier molecular flexibility index (Phi) is 6.64. The van der Waals surface area contributed by atoms with E-state index in [1.807, 2.05) is 0 Å². The van der Waals surface area contributed by atoms with E-state index in [0.717, 1.165) is 0 Å². The summed E-state index contributed by atoms with van der Waals surface area (Å²) in [5.41, 5.74) is 2.02. The Labute approximate surface area is 217 Å². The molecule has 0 bridgehead atoms. The van der Waals surface area contributed by atoms with E-state index in [0.29, 0.717) is 4.90 Å². The fourth-order valence-corrected chi connectivity index (χ4v) is 6.60. The number of nitrogens with two attached hydrogens (primary N) is 1. The number of ether oxygens (including phenoxy) is 3. The standard InChI is InChI=1S/C25H36FN3O7S/c1-21(2,3)35-19(30)29(20(31)36-22(4,5)6)18-23(7,8)37(32,33)25(26)12-13-34-17-11-10-15(27)14-16(17)24(25,9)28-18/h10-11,14H,12-13,27H2,1-9H3. The summed E-state index contributed by atoms with van der Waals surface area (Å²) in [6, 6.07) is 4.42. The zero-order valence-electron chi connectivity index (χ0n) is 22.8. The van der Waals surface area contributed by atoms with Gasteiger partial charge in [-0.3, -0.25) is 4.99 Å². The minimum atomic E-state index is -4.82. The summed E-state index contributed by atoms with van der Waals surface area (Å²) in [5, 5.41) is -2.96. The van der Waals surface area contributed by atoms with Gasteiger partial charge in [0.1, 0.15) is 33.1 Å². The highest BCUT2D eigenvalue weighted by Crippen LogP contribution is 2.56. The van der Waals surface area contributed by atoms with Crippen LogP contribution in [0.3, 0.4) is 0 Å². The van der Waals surface area contributed by atoms with Crippen LogP contribution in [0.2, 0.25) is 0 Å². The molecule has 2 N–H and O–H groups in total. The maximum Gasteiger partial charge on any atom is 0.425 e. The molecule has 1 aromatic carbocycles. The molecule has 2 atom stereocenters. The Morgan fingerprint density at radius 1 is 1.05 bits per heavy atom. The number of fused-ring (bicyclic) bond motifs is 3. The van der Waals surface area contributed by atoms with E-state index < -0.39 is 60.8 Å². The van der Waals surface area contributed by atoms with Crippen LogP contribution in [-0.4, -0.2) is 58.9 Å². The maximum absolute atomic E-state index is 17.1. The van der Waals surface area contributed by atoms with Crippen molar-refractivity contribution in [3.63, 3.8) is 0 Å². The van der Waals surface area contributed by atoms with Gasteiger partial charge in [0.15, 0.2) is 9.84 Å². The summed E-state index contributed by atoms with van der Waals surface area (Å²) >= 11 is 0. The second kappa shape index (κ2) is 8.57. The molecule has 0 radical (unpaired) electrons. The van der Waals surface area contributed by atoms with Crippen LogP contribution < -0.4 is 10.5 Å². The van der Waals surface area contributed by atoms with Gasteiger partial charge < -0.3 is 19.9 Å². The molecule has 1 aromatic rings. The topological polar surface area (TPSA) is 138 Å². The van der Waals surface area contributed by atoms with Crippen molar-refractivity contribution >= 4 is 33.5 Å². The van der Waals surface area contributed by atoms with E-state index >= 15 is 4.39 Å². The molecule has 12 heteroatoms. The molecule has 0 saturated heterocycles. The van der Waals surface area contributed by atoms with Crippen molar-refractivity contribution in [3.8, 4) is 5.75 Å². The van der Waals surface area contributed by atoms with Crippen LogP contribution in [0.15, 0.2) is 23.2 Å². The summed E-state index contributed by atoms with van der Waals surface area (Å²) in [6.07, 6.45) is -2.97.